The summed E-state index contributed by atoms with van der Waals surface area (Å²) in [6.45, 7) is -3.83. The Labute approximate surface area is 85.2 Å². The second-order valence-electron chi connectivity index (χ2n) is 3.14. The molecule has 0 aliphatic carbocycles. The Kier molecular flexibility index (Phi) is 2.84. The minimum atomic E-state index is -5.21. The summed E-state index contributed by atoms with van der Waals surface area (Å²) >= 11 is 0. The van der Waals surface area contributed by atoms with Crippen molar-refractivity contribution in [1.82, 2.24) is 0 Å². The maximum atomic E-state index is 12.3. The van der Waals surface area contributed by atoms with Crippen molar-refractivity contribution >= 4 is 22.5 Å². The van der Waals surface area contributed by atoms with Gasteiger partial charge in [-0.15, -0.1) is 5.46 Å². The Morgan fingerprint density at radius 2 is 1.80 bits per heavy atom. The van der Waals surface area contributed by atoms with Crippen molar-refractivity contribution in [2.24, 2.45) is 5.14 Å². The van der Waals surface area contributed by atoms with Crippen LogP contribution in [0.3, 0.4) is 0 Å². The third kappa shape index (κ3) is 2.72. The van der Waals surface area contributed by atoms with Crippen molar-refractivity contribution in [3.05, 3.63) is 23.8 Å². The van der Waals surface area contributed by atoms with Gasteiger partial charge in [0.25, 0.3) is 0 Å². The van der Waals surface area contributed by atoms with Gasteiger partial charge < -0.3 is 12.9 Å². The maximum Gasteiger partial charge on any atom is 0.509 e. The van der Waals surface area contributed by atoms with E-state index in [9.17, 15) is 21.4 Å². The molecule has 0 aliphatic rings. The van der Waals surface area contributed by atoms with Crippen molar-refractivity contribution < 1.29 is 21.4 Å². The quantitative estimate of drug-likeness (QED) is 0.770. The molecule has 1 aromatic rings. The molecule has 0 heterocycles. The van der Waals surface area contributed by atoms with E-state index in [1.165, 1.54) is 6.92 Å². The lowest BCUT2D eigenvalue weighted by molar-refractivity contribution is 0.501. The topological polar surface area (TPSA) is 60.2 Å². The van der Waals surface area contributed by atoms with Crippen molar-refractivity contribution in [2.75, 3.05) is 0 Å². The number of hydrogen-bond donors (Lipinski definition) is 1. The minimum Gasteiger partial charge on any atom is -0.445 e. The first-order chi connectivity index (χ1) is 6.62. The Bertz CT molecular complexity index is 483. The van der Waals surface area contributed by atoms with Crippen LogP contribution in [0.4, 0.5) is 12.9 Å². The van der Waals surface area contributed by atoms with Gasteiger partial charge in [-0.2, -0.15) is 0 Å². The number of benzene rings is 1. The average molecular weight is 238 g/mol. The summed E-state index contributed by atoms with van der Waals surface area (Å²) in [6.07, 6.45) is 0. The fourth-order valence-corrected chi connectivity index (χ4v) is 1.94. The van der Waals surface area contributed by atoms with Crippen LogP contribution in [-0.2, 0) is 10.0 Å². The van der Waals surface area contributed by atoms with Crippen LogP contribution in [0, 0.1) is 6.92 Å². The smallest absolute Gasteiger partial charge is 0.445 e. The van der Waals surface area contributed by atoms with Crippen LogP contribution in [0.25, 0.3) is 0 Å². The first-order valence-electron chi connectivity index (χ1n) is 3.95. The molecule has 84 valence electrons. The summed E-state index contributed by atoms with van der Waals surface area (Å²) < 4.78 is 58.8. The monoisotopic (exact) mass is 238 g/mol. The predicted octanol–water partition coefficient (Wildman–Crippen LogP) is 0.697. The number of aryl methyl sites for hydroxylation is 1. The zero-order valence-corrected chi connectivity index (χ0v) is 8.56. The van der Waals surface area contributed by atoms with Gasteiger partial charge in [-0.05, 0) is 12.5 Å². The SMILES string of the molecule is Cc1ccc([B-](F)(F)F)cc1S(N)(=O)=O. The van der Waals surface area contributed by atoms with E-state index in [0.29, 0.717) is 6.07 Å². The molecule has 1 rings (SSSR count). The first-order valence-corrected chi connectivity index (χ1v) is 5.50. The highest BCUT2D eigenvalue weighted by atomic mass is 32.2. The number of primary sulfonamides is 1. The summed E-state index contributed by atoms with van der Waals surface area (Å²) in [5, 5.41) is 4.78. The van der Waals surface area contributed by atoms with Gasteiger partial charge in [-0.3, -0.25) is 0 Å². The molecule has 0 amide bonds. The maximum absolute atomic E-state index is 12.3. The molecule has 0 unspecified atom stereocenters. The Balaban J connectivity index is 3.43. The lowest BCUT2D eigenvalue weighted by Gasteiger charge is -2.16. The molecule has 0 saturated heterocycles. The summed E-state index contributed by atoms with van der Waals surface area (Å²) in [6, 6.07) is 2.49. The van der Waals surface area contributed by atoms with Crippen LogP contribution in [-0.4, -0.2) is 15.4 Å². The molecule has 8 heteroatoms. The van der Waals surface area contributed by atoms with Crippen LogP contribution in [0.2, 0.25) is 0 Å². The van der Waals surface area contributed by atoms with E-state index in [2.05, 4.69) is 0 Å². The highest BCUT2D eigenvalue weighted by molar-refractivity contribution is 7.89. The van der Waals surface area contributed by atoms with Crippen LogP contribution in [0.15, 0.2) is 23.1 Å². The third-order valence-corrected chi connectivity index (χ3v) is 2.95. The molecule has 0 saturated carbocycles. The van der Waals surface area contributed by atoms with E-state index in [1.807, 2.05) is 0 Å². The molecule has 0 aliphatic heterocycles. The summed E-state index contributed by atoms with van der Waals surface area (Å²) in [5.41, 5.74) is -0.772. The van der Waals surface area contributed by atoms with Gasteiger partial charge in [0.1, 0.15) is 0 Å². The predicted molar refractivity (Wildman–Crippen MR) is 51.3 cm³/mol. The van der Waals surface area contributed by atoms with Gasteiger partial charge in [0.15, 0.2) is 0 Å². The summed E-state index contributed by atoms with van der Waals surface area (Å²) in [7, 11) is -4.11. The van der Waals surface area contributed by atoms with Gasteiger partial charge in [-0.25, -0.2) is 13.6 Å². The Morgan fingerprint density at radius 1 is 1.27 bits per heavy atom. The van der Waals surface area contributed by atoms with Crippen LogP contribution in [0.1, 0.15) is 5.56 Å². The van der Waals surface area contributed by atoms with E-state index in [4.69, 9.17) is 5.14 Å². The molecule has 0 fully saturated rings. The first kappa shape index (κ1) is 12.1. The molecular formula is C7H8BF3NO2S-. The summed E-state index contributed by atoms with van der Waals surface area (Å²) in [4.78, 5) is -0.487. The van der Waals surface area contributed by atoms with Crippen molar-refractivity contribution in [2.45, 2.75) is 11.8 Å². The molecule has 0 radical (unpaired) electrons. The number of hydrogen-bond acceptors (Lipinski definition) is 2. The number of halogens is 3. The van der Waals surface area contributed by atoms with E-state index < -0.39 is 27.4 Å². The fraction of sp³-hybridized carbons (Fsp3) is 0.143. The molecule has 3 nitrogen and oxygen atoms in total. The van der Waals surface area contributed by atoms with Gasteiger partial charge in [-0.1, -0.05) is 18.2 Å². The number of nitrogens with two attached hydrogens (primary N) is 1. The second kappa shape index (κ2) is 3.53. The van der Waals surface area contributed by atoms with Gasteiger partial charge in [0.2, 0.25) is 10.0 Å². The van der Waals surface area contributed by atoms with Crippen LogP contribution >= 0.6 is 0 Å². The number of sulfonamides is 1. The van der Waals surface area contributed by atoms with E-state index in [-0.39, 0.29) is 5.56 Å². The van der Waals surface area contributed by atoms with Crippen LogP contribution in [0.5, 0.6) is 0 Å². The van der Waals surface area contributed by atoms with E-state index in [1.54, 1.807) is 0 Å². The summed E-state index contributed by atoms with van der Waals surface area (Å²) in [5.74, 6) is 0. The Hall–Kier alpha value is -1.02. The Morgan fingerprint density at radius 3 is 2.20 bits per heavy atom. The van der Waals surface area contributed by atoms with E-state index in [0.717, 1.165) is 12.1 Å². The minimum absolute atomic E-state index is 0.196. The number of rotatable bonds is 2. The van der Waals surface area contributed by atoms with Gasteiger partial charge >= 0.3 is 6.98 Å². The molecule has 0 bridgehead atoms. The van der Waals surface area contributed by atoms with Gasteiger partial charge in [0.05, 0.1) is 4.90 Å². The van der Waals surface area contributed by atoms with Crippen molar-refractivity contribution in [3.63, 3.8) is 0 Å². The molecule has 0 aromatic heterocycles. The van der Waals surface area contributed by atoms with Crippen LogP contribution < -0.4 is 10.6 Å². The second-order valence-corrected chi connectivity index (χ2v) is 4.67. The molecule has 15 heavy (non-hydrogen) atoms. The lowest BCUT2D eigenvalue weighted by Crippen LogP contribution is -2.35. The standard InChI is InChI=1S/C7H8BF3NO2S/c1-5-2-3-6(8(9,10)11)4-7(5)15(12,13)14/h2-4H,1H3,(H2,12,13,14)/q-1. The molecular weight excluding hydrogens is 230 g/mol. The van der Waals surface area contributed by atoms with E-state index >= 15 is 0 Å². The normalized spacial score (nSPS) is 12.9. The third-order valence-electron chi connectivity index (χ3n) is 1.90. The van der Waals surface area contributed by atoms with Crippen molar-refractivity contribution in [1.29, 1.82) is 0 Å². The molecule has 2 N–H and O–H groups in total. The lowest BCUT2D eigenvalue weighted by atomic mass is 9.80. The molecule has 0 atom stereocenters. The largest absolute Gasteiger partial charge is 0.509 e. The molecule has 0 spiro atoms. The molecule has 1 aromatic carbocycles. The highest BCUT2D eigenvalue weighted by Crippen LogP contribution is 2.15. The zero-order chi connectivity index (χ0) is 11.9. The zero-order valence-electron chi connectivity index (χ0n) is 7.75. The highest BCUT2D eigenvalue weighted by Gasteiger charge is 2.27. The fourth-order valence-electron chi connectivity index (χ4n) is 1.13. The van der Waals surface area contributed by atoms with Gasteiger partial charge in [0, 0.05) is 0 Å². The average Bonchev–Trinajstić information content (AvgIpc) is 2.00. The van der Waals surface area contributed by atoms with Crippen molar-refractivity contribution in [3.8, 4) is 0 Å².